The Morgan fingerprint density at radius 2 is 1.81 bits per heavy atom. The van der Waals surface area contributed by atoms with Crippen molar-refractivity contribution in [2.24, 2.45) is 5.92 Å². The lowest BCUT2D eigenvalue weighted by molar-refractivity contribution is 0.262. The largest absolute Gasteiger partial charge is 0.328 e. The quantitative estimate of drug-likeness (QED) is 0.541. The van der Waals surface area contributed by atoms with Crippen LogP contribution in [0.2, 0.25) is 0 Å². The monoisotopic (exact) mass is 267 g/mol. The van der Waals surface area contributed by atoms with Gasteiger partial charge in [-0.15, -0.1) is 0 Å². The molecule has 0 rings (SSSR count). The SMILES string of the molecule is CCN(CC)CC(S)P(C)(=O)OCC(C)C. The Bertz CT molecular complexity index is 232. The van der Waals surface area contributed by atoms with Crippen molar-refractivity contribution in [3.63, 3.8) is 0 Å². The number of rotatable bonds is 8. The van der Waals surface area contributed by atoms with Crippen LogP contribution in [0.15, 0.2) is 0 Å². The van der Waals surface area contributed by atoms with Crippen molar-refractivity contribution >= 4 is 20.0 Å². The molecule has 2 atom stereocenters. The second kappa shape index (κ2) is 7.75. The molecule has 98 valence electrons. The molecule has 0 radical (unpaired) electrons. The fourth-order valence-corrected chi connectivity index (χ4v) is 2.97. The first-order valence-electron chi connectivity index (χ1n) is 5.95. The van der Waals surface area contributed by atoms with Crippen LogP contribution in [-0.4, -0.2) is 42.8 Å². The van der Waals surface area contributed by atoms with Gasteiger partial charge in [0.05, 0.1) is 11.6 Å². The van der Waals surface area contributed by atoms with E-state index in [0.29, 0.717) is 12.5 Å². The van der Waals surface area contributed by atoms with Gasteiger partial charge < -0.3 is 9.42 Å². The van der Waals surface area contributed by atoms with Crippen molar-refractivity contribution in [2.75, 3.05) is 32.9 Å². The van der Waals surface area contributed by atoms with Gasteiger partial charge in [-0.25, -0.2) is 0 Å². The van der Waals surface area contributed by atoms with Gasteiger partial charge in [-0.2, -0.15) is 12.6 Å². The van der Waals surface area contributed by atoms with E-state index in [-0.39, 0.29) is 4.99 Å². The lowest BCUT2D eigenvalue weighted by Gasteiger charge is -2.26. The van der Waals surface area contributed by atoms with E-state index in [4.69, 9.17) is 4.52 Å². The van der Waals surface area contributed by atoms with Gasteiger partial charge in [0.2, 0.25) is 7.37 Å². The summed E-state index contributed by atoms with van der Waals surface area (Å²) in [4.78, 5) is 2.03. The zero-order valence-electron chi connectivity index (χ0n) is 11.1. The summed E-state index contributed by atoms with van der Waals surface area (Å²) in [5, 5.41) is 0. The van der Waals surface area contributed by atoms with Crippen molar-refractivity contribution < 1.29 is 9.09 Å². The number of thiol groups is 1. The minimum atomic E-state index is -2.60. The number of hydrogen-bond acceptors (Lipinski definition) is 4. The molecule has 16 heavy (non-hydrogen) atoms. The minimum absolute atomic E-state index is 0.189. The number of hydrogen-bond donors (Lipinski definition) is 1. The van der Waals surface area contributed by atoms with E-state index in [9.17, 15) is 4.57 Å². The third-order valence-corrected chi connectivity index (χ3v) is 5.85. The van der Waals surface area contributed by atoms with Gasteiger partial charge >= 0.3 is 0 Å². The van der Waals surface area contributed by atoms with E-state index in [1.165, 1.54) is 0 Å². The molecule has 0 spiro atoms. The van der Waals surface area contributed by atoms with Crippen molar-refractivity contribution in [3.8, 4) is 0 Å². The molecule has 0 bridgehead atoms. The highest BCUT2D eigenvalue weighted by Crippen LogP contribution is 2.50. The summed E-state index contributed by atoms with van der Waals surface area (Å²) in [6.45, 7) is 13.2. The zero-order valence-corrected chi connectivity index (χ0v) is 12.9. The first-order chi connectivity index (χ1) is 7.33. The summed E-state index contributed by atoms with van der Waals surface area (Å²) in [5.41, 5.74) is 0. The van der Waals surface area contributed by atoms with Gasteiger partial charge in [0.15, 0.2) is 0 Å². The molecule has 0 amide bonds. The molecule has 0 aromatic heterocycles. The third-order valence-electron chi connectivity index (χ3n) is 2.52. The van der Waals surface area contributed by atoms with Gasteiger partial charge in [0, 0.05) is 13.2 Å². The maximum atomic E-state index is 12.3. The van der Waals surface area contributed by atoms with E-state index in [1.54, 1.807) is 6.66 Å². The predicted octanol–water partition coefficient (Wildman–Crippen LogP) is 3.16. The fraction of sp³-hybridized carbons (Fsp3) is 1.00. The molecule has 0 heterocycles. The topological polar surface area (TPSA) is 29.5 Å². The molecule has 0 aliphatic rings. The summed E-state index contributed by atoms with van der Waals surface area (Å²) in [5.74, 6) is 0.405. The summed E-state index contributed by atoms with van der Waals surface area (Å²) in [6.07, 6.45) is 0. The first-order valence-corrected chi connectivity index (χ1v) is 8.61. The zero-order chi connectivity index (χ0) is 12.8. The highest BCUT2D eigenvalue weighted by molar-refractivity contribution is 7.90. The second-order valence-electron chi connectivity index (χ2n) is 4.56. The molecule has 0 aromatic rings. The highest BCUT2D eigenvalue weighted by Gasteiger charge is 2.27. The van der Waals surface area contributed by atoms with Gasteiger partial charge in [0.25, 0.3) is 0 Å². The van der Waals surface area contributed by atoms with E-state index >= 15 is 0 Å². The maximum Gasteiger partial charge on any atom is 0.213 e. The Morgan fingerprint density at radius 1 is 1.31 bits per heavy atom. The second-order valence-corrected chi connectivity index (χ2v) is 8.29. The van der Waals surface area contributed by atoms with Gasteiger partial charge in [0.1, 0.15) is 0 Å². The van der Waals surface area contributed by atoms with Crippen LogP contribution >= 0.6 is 20.0 Å². The van der Waals surface area contributed by atoms with E-state index in [2.05, 4.69) is 45.2 Å². The first kappa shape index (κ1) is 16.5. The van der Waals surface area contributed by atoms with Crippen molar-refractivity contribution in [3.05, 3.63) is 0 Å². The van der Waals surface area contributed by atoms with E-state index < -0.39 is 7.37 Å². The fourth-order valence-electron chi connectivity index (χ4n) is 1.24. The molecule has 0 saturated heterocycles. The summed E-state index contributed by atoms with van der Waals surface area (Å²) >= 11 is 4.43. The van der Waals surface area contributed by atoms with Crippen molar-refractivity contribution in [1.82, 2.24) is 4.90 Å². The van der Waals surface area contributed by atoms with Crippen molar-refractivity contribution in [2.45, 2.75) is 32.7 Å². The van der Waals surface area contributed by atoms with E-state index in [0.717, 1.165) is 19.6 Å². The summed E-state index contributed by atoms with van der Waals surface area (Å²) in [7, 11) is -2.60. The highest BCUT2D eigenvalue weighted by atomic mass is 32.1. The third kappa shape index (κ3) is 6.29. The number of nitrogens with zero attached hydrogens (tertiary/aromatic N) is 1. The van der Waals surface area contributed by atoms with Crippen LogP contribution in [-0.2, 0) is 9.09 Å². The molecule has 5 heteroatoms. The minimum Gasteiger partial charge on any atom is -0.328 e. The average Bonchev–Trinajstić information content (AvgIpc) is 2.22. The average molecular weight is 267 g/mol. The lowest BCUT2D eigenvalue weighted by atomic mass is 10.2. The Hall–Kier alpha value is 0.500. The van der Waals surface area contributed by atoms with Crippen LogP contribution in [0.4, 0.5) is 0 Å². The van der Waals surface area contributed by atoms with Crippen LogP contribution < -0.4 is 0 Å². The molecule has 0 saturated carbocycles. The lowest BCUT2D eigenvalue weighted by Crippen LogP contribution is -2.30. The maximum absolute atomic E-state index is 12.3. The Balaban J connectivity index is 4.22. The molecule has 0 fully saturated rings. The normalized spacial score (nSPS) is 17.8. The smallest absolute Gasteiger partial charge is 0.213 e. The Labute approximate surface area is 106 Å². The van der Waals surface area contributed by atoms with Gasteiger partial charge in [-0.05, 0) is 19.0 Å². The predicted molar refractivity (Wildman–Crippen MR) is 74.9 cm³/mol. The van der Waals surface area contributed by atoms with Gasteiger partial charge in [-0.1, -0.05) is 27.7 Å². The summed E-state index contributed by atoms with van der Waals surface area (Å²) < 4.78 is 17.8. The van der Waals surface area contributed by atoms with Crippen LogP contribution in [0.25, 0.3) is 0 Å². The molecule has 0 aromatic carbocycles. The van der Waals surface area contributed by atoms with Crippen LogP contribution in [0.3, 0.4) is 0 Å². The molecular formula is C11H26NO2PS. The molecule has 2 unspecified atom stereocenters. The Kier molecular flexibility index (Phi) is 8.00. The molecule has 0 aliphatic heterocycles. The molecule has 0 aliphatic carbocycles. The van der Waals surface area contributed by atoms with Crippen LogP contribution in [0.5, 0.6) is 0 Å². The molecule has 0 N–H and O–H groups in total. The Morgan fingerprint density at radius 3 is 2.19 bits per heavy atom. The molecular weight excluding hydrogens is 241 g/mol. The van der Waals surface area contributed by atoms with Crippen LogP contribution in [0, 0.1) is 5.92 Å². The molecule has 3 nitrogen and oxygen atoms in total. The van der Waals surface area contributed by atoms with E-state index in [1.807, 2.05) is 0 Å². The van der Waals surface area contributed by atoms with Gasteiger partial charge in [-0.3, -0.25) is 4.57 Å². The summed E-state index contributed by atoms with van der Waals surface area (Å²) in [6, 6.07) is 0. The van der Waals surface area contributed by atoms with Crippen LogP contribution in [0.1, 0.15) is 27.7 Å². The van der Waals surface area contributed by atoms with Crippen molar-refractivity contribution in [1.29, 1.82) is 0 Å². The standard InChI is InChI=1S/C11H26NO2PS/c1-6-12(7-2)8-11(16)15(5,13)14-9-10(3)4/h10-11,16H,6-9H2,1-5H3.